The van der Waals surface area contributed by atoms with E-state index in [0.29, 0.717) is 12.1 Å². The van der Waals surface area contributed by atoms with Crippen LogP contribution in [-0.2, 0) is 21.3 Å². The second-order valence-electron chi connectivity index (χ2n) is 6.06. The van der Waals surface area contributed by atoms with Gasteiger partial charge in [0.25, 0.3) is 5.91 Å². The second kappa shape index (κ2) is 8.39. The van der Waals surface area contributed by atoms with Gasteiger partial charge in [-0.25, -0.2) is 13.1 Å². The number of hydrogen-bond acceptors (Lipinski definition) is 5. The predicted molar refractivity (Wildman–Crippen MR) is 96.0 cm³/mol. The lowest BCUT2D eigenvalue weighted by atomic mass is 10.2. The Hall–Kier alpha value is -2.29. The first kappa shape index (κ1) is 18.5. The number of sulfonamides is 1. The van der Waals surface area contributed by atoms with E-state index >= 15 is 0 Å². The van der Waals surface area contributed by atoms with Crippen molar-refractivity contribution >= 4 is 15.9 Å². The van der Waals surface area contributed by atoms with Gasteiger partial charge in [-0.3, -0.25) is 9.78 Å². The van der Waals surface area contributed by atoms with Crippen LogP contribution in [0.1, 0.15) is 28.8 Å². The molecule has 2 aromatic rings. The van der Waals surface area contributed by atoms with Crippen molar-refractivity contribution < 1.29 is 17.9 Å². The van der Waals surface area contributed by atoms with Crippen LogP contribution >= 0.6 is 0 Å². The summed E-state index contributed by atoms with van der Waals surface area (Å²) < 4.78 is 32.7. The Balaban J connectivity index is 1.57. The molecule has 2 heterocycles. The maximum Gasteiger partial charge on any atom is 0.251 e. The van der Waals surface area contributed by atoms with Gasteiger partial charge in [-0.1, -0.05) is 6.07 Å². The third-order valence-corrected chi connectivity index (χ3v) is 5.55. The molecule has 8 heteroatoms. The molecule has 0 bridgehead atoms. The number of nitrogens with one attached hydrogen (secondary N) is 2. The summed E-state index contributed by atoms with van der Waals surface area (Å²) in [6.07, 6.45) is 5.25. The number of rotatable bonds is 7. The van der Waals surface area contributed by atoms with Crippen molar-refractivity contribution in [1.82, 2.24) is 15.0 Å². The molecule has 0 radical (unpaired) electrons. The molecule has 1 aromatic carbocycles. The van der Waals surface area contributed by atoms with Gasteiger partial charge in [-0.05, 0) is 48.7 Å². The van der Waals surface area contributed by atoms with Crippen LogP contribution < -0.4 is 10.0 Å². The van der Waals surface area contributed by atoms with E-state index in [1.807, 2.05) is 0 Å². The fraction of sp³-hybridized carbons (Fsp3) is 0.333. The van der Waals surface area contributed by atoms with Gasteiger partial charge in [-0.2, -0.15) is 0 Å². The highest BCUT2D eigenvalue weighted by Crippen LogP contribution is 2.13. The van der Waals surface area contributed by atoms with Gasteiger partial charge in [0.2, 0.25) is 10.0 Å². The summed E-state index contributed by atoms with van der Waals surface area (Å²) in [5.74, 6) is -0.243. The van der Waals surface area contributed by atoms with Gasteiger partial charge in [-0.15, -0.1) is 0 Å². The Bertz CT molecular complexity index is 832. The first-order valence-electron chi connectivity index (χ1n) is 8.43. The zero-order chi connectivity index (χ0) is 18.4. The van der Waals surface area contributed by atoms with Crippen molar-refractivity contribution in [3.63, 3.8) is 0 Å². The van der Waals surface area contributed by atoms with Crippen LogP contribution in [0.25, 0.3) is 0 Å². The zero-order valence-corrected chi connectivity index (χ0v) is 15.0. The largest absolute Gasteiger partial charge is 0.376 e. The molecular formula is C18H21N3O4S. The molecule has 0 saturated carbocycles. The van der Waals surface area contributed by atoms with Gasteiger partial charge in [0.05, 0.1) is 11.0 Å². The summed E-state index contributed by atoms with van der Waals surface area (Å²) in [6.45, 7) is 1.35. The average molecular weight is 375 g/mol. The van der Waals surface area contributed by atoms with Crippen molar-refractivity contribution in [2.45, 2.75) is 30.4 Å². The van der Waals surface area contributed by atoms with E-state index in [4.69, 9.17) is 4.74 Å². The Morgan fingerprint density at radius 2 is 2.04 bits per heavy atom. The van der Waals surface area contributed by atoms with E-state index in [-0.39, 0.29) is 23.5 Å². The molecule has 1 atom stereocenters. The molecule has 7 nitrogen and oxygen atoms in total. The molecule has 3 rings (SSSR count). The Morgan fingerprint density at radius 3 is 2.69 bits per heavy atom. The summed E-state index contributed by atoms with van der Waals surface area (Å²) in [5, 5.41) is 2.81. The number of carbonyl (C=O) groups excluding carboxylic acids is 1. The van der Waals surface area contributed by atoms with Crippen LogP contribution in [0.2, 0.25) is 0 Å². The number of carbonyl (C=O) groups is 1. The third-order valence-electron chi connectivity index (χ3n) is 4.13. The Morgan fingerprint density at radius 1 is 1.23 bits per heavy atom. The summed E-state index contributed by atoms with van der Waals surface area (Å²) in [5.41, 5.74) is 1.18. The normalized spacial score (nSPS) is 17.2. The monoisotopic (exact) mass is 375 g/mol. The van der Waals surface area contributed by atoms with Crippen LogP contribution in [0.4, 0.5) is 0 Å². The van der Waals surface area contributed by atoms with Gasteiger partial charge < -0.3 is 10.1 Å². The number of aromatic nitrogens is 1. The van der Waals surface area contributed by atoms with E-state index < -0.39 is 10.0 Å². The first-order valence-corrected chi connectivity index (χ1v) is 9.91. The smallest absolute Gasteiger partial charge is 0.251 e. The quantitative estimate of drug-likeness (QED) is 0.764. The molecule has 1 unspecified atom stereocenters. The molecular weight excluding hydrogens is 354 g/mol. The van der Waals surface area contributed by atoms with Gasteiger partial charge >= 0.3 is 0 Å². The molecule has 0 aliphatic carbocycles. The number of pyridine rings is 1. The minimum Gasteiger partial charge on any atom is -0.376 e. The van der Waals surface area contributed by atoms with Crippen molar-refractivity contribution in [3.05, 3.63) is 59.9 Å². The molecule has 1 saturated heterocycles. The molecule has 26 heavy (non-hydrogen) atoms. The lowest BCUT2D eigenvalue weighted by Gasteiger charge is -2.11. The molecule has 1 amide bonds. The molecule has 1 aliphatic rings. The SMILES string of the molecule is O=C(NCC1CCCO1)c1ccc(S(=O)(=O)NCc2cccnc2)cc1. The minimum absolute atomic E-state index is 0.0651. The number of nitrogens with zero attached hydrogens (tertiary/aromatic N) is 1. The zero-order valence-electron chi connectivity index (χ0n) is 14.2. The van der Waals surface area contributed by atoms with Crippen LogP contribution in [0, 0.1) is 0 Å². The van der Waals surface area contributed by atoms with E-state index in [0.717, 1.165) is 25.0 Å². The number of amides is 1. The topological polar surface area (TPSA) is 97.4 Å². The van der Waals surface area contributed by atoms with E-state index in [2.05, 4.69) is 15.0 Å². The lowest BCUT2D eigenvalue weighted by molar-refractivity contribution is 0.0857. The standard InChI is InChI=1S/C18H21N3O4S/c22-18(20-13-16-4-2-10-25-16)15-5-7-17(8-6-15)26(23,24)21-12-14-3-1-9-19-11-14/h1,3,5-9,11,16,21H,2,4,10,12-13H2,(H,20,22). The van der Waals surface area contributed by atoms with E-state index in [1.54, 1.807) is 24.5 Å². The lowest BCUT2D eigenvalue weighted by Crippen LogP contribution is -2.31. The average Bonchev–Trinajstić information content (AvgIpc) is 3.19. The summed E-state index contributed by atoms with van der Waals surface area (Å²) >= 11 is 0. The summed E-state index contributed by atoms with van der Waals surface area (Å²) in [6, 6.07) is 9.39. The van der Waals surface area contributed by atoms with Gasteiger partial charge in [0, 0.05) is 37.7 Å². The fourth-order valence-corrected chi connectivity index (χ4v) is 3.68. The third kappa shape index (κ3) is 4.87. The van der Waals surface area contributed by atoms with Gasteiger partial charge in [0.15, 0.2) is 0 Å². The molecule has 138 valence electrons. The number of hydrogen-bond donors (Lipinski definition) is 2. The fourth-order valence-electron chi connectivity index (χ4n) is 2.66. The molecule has 0 spiro atoms. The molecule has 1 fully saturated rings. The van der Waals surface area contributed by atoms with Crippen LogP contribution in [0.15, 0.2) is 53.7 Å². The highest BCUT2D eigenvalue weighted by Gasteiger charge is 2.18. The summed E-state index contributed by atoms with van der Waals surface area (Å²) in [7, 11) is -3.66. The van der Waals surface area contributed by atoms with Crippen LogP contribution in [-0.4, -0.2) is 38.6 Å². The van der Waals surface area contributed by atoms with Crippen LogP contribution in [0.5, 0.6) is 0 Å². The maximum atomic E-state index is 12.3. The second-order valence-corrected chi connectivity index (χ2v) is 7.82. The predicted octanol–water partition coefficient (Wildman–Crippen LogP) is 1.47. The highest BCUT2D eigenvalue weighted by atomic mass is 32.2. The molecule has 1 aromatic heterocycles. The van der Waals surface area contributed by atoms with Crippen molar-refractivity contribution in [2.24, 2.45) is 0 Å². The van der Waals surface area contributed by atoms with Gasteiger partial charge in [0.1, 0.15) is 0 Å². The molecule has 1 aliphatic heterocycles. The minimum atomic E-state index is -3.66. The number of benzene rings is 1. The Labute approximate surface area is 152 Å². The van der Waals surface area contributed by atoms with Crippen molar-refractivity contribution in [3.8, 4) is 0 Å². The van der Waals surface area contributed by atoms with E-state index in [9.17, 15) is 13.2 Å². The Kier molecular flexibility index (Phi) is 5.97. The van der Waals surface area contributed by atoms with Crippen LogP contribution in [0.3, 0.4) is 0 Å². The molecule has 2 N–H and O–H groups in total. The number of ether oxygens (including phenoxy) is 1. The highest BCUT2D eigenvalue weighted by molar-refractivity contribution is 7.89. The van der Waals surface area contributed by atoms with Crippen molar-refractivity contribution in [2.75, 3.05) is 13.2 Å². The summed E-state index contributed by atoms with van der Waals surface area (Å²) in [4.78, 5) is 16.2. The first-order chi connectivity index (χ1) is 12.5. The van der Waals surface area contributed by atoms with Crippen molar-refractivity contribution in [1.29, 1.82) is 0 Å². The van der Waals surface area contributed by atoms with E-state index in [1.165, 1.54) is 24.3 Å². The maximum absolute atomic E-state index is 12.3.